The van der Waals surface area contributed by atoms with E-state index in [1.807, 2.05) is 0 Å². The molecular weight excluding hydrogens is 279 g/mol. The van der Waals surface area contributed by atoms with E-state index in [0.29, 0.717) is 10.7 Å². The first-order valence-corrected chi connectivity index (χ1v) is 6.19. The number of hydrogen-bond acceptors (Lipinski definition) is 4. The van der Waals surface area contributed by atoms with Gasteiger partial charge in [0.15, 0.2) is 0 Å². The second-order valence-corrected chi connectivity index (χ2v) is 5.03. The summed E-state index contributed by atoms with van der Waals surface area (Å²) in [4.78, 5) is 10.5. The third-order valence-corrected chi connectivity index (χ3v) is 3.75. The van der Waals surface area contributed by atoms with Crippen LogP contribution in [0.3, 0.4) is 0 Å². The summed E-state index contributed by atoms with van der Waals surface area (Å²) in [6.45, 7) is 0. The van der Waals surface area contributed by atoms with Crippen LogP contribution in [0.4, 0.5) is 11.4 Å². The Kier molecular flexibility index (Phi) is 3.94. The van der Waals surface area contributed by atoms with Gasteiger partial charge in [-0.2, -0.15) is 0 Å². The van der Waals surface area contributed by atoms with Gasteiger partial charge in [-0.15, -0.1) is 0 Å². The van der Waals surface area contributed by atoms with Crippen LogP contribution >= 0.6 is 23.2 Å². The Hall–Kier alpha value is -1.04. The Balaban J connectivity index is 2.16. The molecule has 1 aliphatic rings. The maximum Gasteiger partial charge on any atom is 0.293 e. The molecule has 0 unspecified atom stereocenters. The lowest BCUT2D eigenvalue weighted by atomic mass is 9.89. The molecule has 98 valence electrons. The van der Waals surface area contributed by atoms with Crippen molar-refractivity contribution >= 4 is 34.6 Å². The number of halogens is 2. The van der Waals surface area contributed by atoms with Crippen LogP contribution in [-0.2, 0) is 4.74 Å². The highest BCUT2D eigenvalue weighted by Crippen LogP contribution is 2.36. The van der Waals surface area contributed by atoms with Crippen LogP contribution in [0.2, 0.25) is 10.0 Å². The summed E-state index contributed by atoms with van der Waals surface area (Å²) >= 11 is 11.6. The van der Waals surface area contributed by atoms with Gasteiger partial charge in [0.05, 0.1) is 21.1 Å². The quantitative estimate of drug-likeness (QED) is 0.681. The van der Waals surface area contributed by atoms with E-state index >= 15 is 0 Å². The fourth-order valence-electron chi connectivity index (χ4n) is 1.90. The van der Waals surface area contributed by atoms with Gasteiger partial charge in [-0.05, 0) is 18.9 Å². The number of nitro benzene ring substituents is 1. The van der Waals surface area contributed by atoms with Crippen LogP contribution in [0, 0.1) is 10.1 Å². The number of hydrogen-bond donors (Lipinski definition) is 1. The Bertz CT molecular complexity index is 476. The van der Waals surface area contributed by atoms with Gasteiger partial charge in [-0.3, -0.25) is 10.1 Å². The van der Waals surface area contributed by atoms with Gasteiger partial charge in [0.25, 0.3) is 5.69 Å². The topological polar surface area (TPSA) is 64.4 Å². The average Bonchev–Trinajstić information content (AvgIpc) is 2.26. The van der Waals surface area contributed by atoms with Crippen molar-refractivity contribution in [3.8, 4) is 0 Å². The molecule has 0 aromatic heterocycles. The van der Waals surface area contributed by atoms with Crippen LogP contribution in [0.15, 0.2) is 12.1 Å². The Labute approximate surface area is 114 Å². The average molecular weight is 291 g/mol. The predicted molar refractivity (Wildman–Crippen MR) is 70.6 cm³/mol. The Morgan fingerprint density at radius 2 is 2.00 bits per heavy atom. The molecule has 2 rings (SSSR count). The zero-order valence-corrected chi connectivity index (χ0v) is 11.2. The minimum absolute atomic E-state index is 0.0646. The Morgan fingerprint density at radius 3 is 2.56 bits per heavy atom. The van der Waals surface area contributed by atoms with Crippen LogP contribution in [0.5, 0.6) is 0 Å². The molecule has 1 fully saturated rings. The minimum Gasteiger partial charge on any atom is -0.381 e. The van der Waals surface area contributed by atoms with E-state index < -0.39 is 4.92 Å². The lowest BCUT2D eigenvalue weighted by molar-refractivity contribution is -0.384. The number of rotatable bonds is 4. The van der Waals surface area contributed by atoms with Gasteiger partial charge in [-0.25, -0.2) is 0 Å². The van der Waals surface area contributed by atoms with Gasteiger partial charge in [0.2, 0.25) is 0 Å². The molecule has 1 aromatic rings. The number of methoxy groups -OCH3 is 1. The number of nitrogens with one attached hydrogen (secondary N) is 1. The van der Waals surface area contributed by atoms with Gasteiger partial charge in [0, 0.05) is 19.2 Å². The van der Waals surface area contributed by atoms with Crippen molar-refractivity contribution in [1.82, 2.24) is 0 Å². The van der Waals surface area contributed by atoms with Gasteiger partial charge in [0.1, 0.15) is 5.69 Å². The molecule has 1 aliphatic carbocycles. The maximum atomic E-state index is 10.9. The van der Waals surface area contributed by atoms with E-state index in [0.717, 1.165) is 12.8 Å². The highest BCUT2D eigenvalue weighted by atomic mass is 35.5. The van der Waals surface area contributed by atoms with Crippen LogP contribution in [-0.4, -0.2) is 24.2 Å². The van der Waals surface area contributed by atoms with Crippen molar-refractivity contribution in [2.45, 2.75) is 25.0 Å². The fourth-order valence-corrected chi connectivity index (χ4v) is 2.22. The first-order valence-electron chi connectivity index (χ1n) is 5.44. The monoisotopic (exact) mass is 290 g/mol. The van der Waals surface area contributed by atoms with Crippen molar-refractivity contribution in [3.63, 3.8) is 0 Å². The van der Waals surface area contributed by atoms with E-state index in [9.17, 15) is 10.1 Å². The first kappa shape index (κ1) is 13.4. The summed E-state index contributed by atoms with van der Waals surface area (Å²) in [5, 5.41) is 14.5. The molecule has 0 radical (unpaired) electrons. The van der Waals surface area contributed by atoms with Crippen molar-refractivity contribution in [3.05, 3.63) is 32.3 Å². The number of nitro groups is 1. The molecule has 0 spiro atoms. The molecule has 0 saturated heterocycles. The van der Waals surface area contributed by atoms with Crippen LogP contribution < -0.4 is 5.32 Å². The van der Waals surface area contributed by atoms with Crippen molar-refractivity contribution in [2.75, 3.05) is 12.4 Å². The van der Waals surface area contributed by atoms with Crippen LogP contribution in [0.25, 0.3) is 0 Å². The molecule has 5 nitrogen and oxygen atoms in total. The summed E-state index contributed by atoms with van der Waals surface area (Å²) < 4.78 is 5.15. The number of benzene rings is 1. The highest BCUT2D eigenvalue weighted by Gasteiger charge is 2.30. The Morgan fingerprint density at radius 1 is 1.39 bits per heavy atom. The third-order valence-electron chi connectivity index (χ3n) is 3.02. The molecule has 1 saturated carbocycles. The largest absolute Gasteiger partial charge is 0.381 e. The molecule has 0 heterocycles. The summed E-state index contributed by atoms with van der Waals surface area (Å²) in [7, 11) is 1.66. The second kappa shape index (κ2) is 5.30. The van der Waals surface area contributed by atoms with Crippen molar-refractivity contribution in [2.24, 2.45) is 0 Å². The number of anilines is 1. The van der Waals surface area contributed by atoms with Crippen molar-refractivity contribution in [1.29, 1.82) is 0 Å². The van der Waals surface area contributed by atoms with Gasteiger partial charge >= 0.3 is 0 Å². The second-order valence-electron chi connectivity index (χ2n) is 4.21. The minimum atomic E-state index is -0.475. The van der Waals surface area contributed by atoms with Gasteiger partial charge in [-0.1, -0.05) is 23.2 Å². The van der Waals surface area contributed by atoms with E-state index in [1.165, 1.54) is 12.1 Å². The maximum absolute atomic E-state index is 10.9. The van der Waals surface area contributed by atoms with Crippen LogP contribution in [0.1, 0.15) is 12.8 Å². The molecule has 7 heteroatoms. The summed E-state index contributed by atoms with van der Waals surface area (Å²) in [5.74, 6) is 0. The molecule has 0 atom stereocenters. The smallest absolute Gasteiger partial charge is 0.293 e. The predicted octanol–water partition coefficient (Wildman–Crippen LogP) is 3.49. The standard InChI is InChI=1S/C11H12Cl2N2O3/c1-18-7-2-6(3-7)14-10-4-8(12)9(13)5-11(10)15(16)17/h4-7,14H,2-3H2,1H3. The lowest BCUT2D eigenvalue weighted by Gasteiger charge is -2.35. The molecule has 1 N–H and O–H groups in total. The van der Waals surface area contributed by atoms with E-state index in [2.05, 4.69) is 5.32 Å². The third kappa shape index (κ3) is 2.68. The molecule has 18 heavy (non-hydrogen) atoms. The normalized spacial score (nSPS) is 22.4. The van der Waals surface area contributed by atoms with E-state index in [4.69, 9.17) is 27.9 Å². The zero-order valence-electron chi connectivity index (χ0n) is 9.65. The summed E-state index contributed by atoms with van der Waals surface area (Å²) in [5.41, 5.74) is 0.333. The first-order chi connectivity index (χ1) is 8.51. The SMILES string of the molecule is COC1CC(Nc2cc(Cl)c(Cl)cc2[N+](=O)[O-])C1. The molecular formula is C11H12Cl2N2O3. The fraction of sp³-hybridized carbons (Fsp3) is 0.455. The zero-order chi connectivity index (χ0) is 13.3. The van der Waals surface area contributed by atoms with E-state index in [-0.39, 0.29) is 22.9 Å². The molecule has 0 amide bonds. The summed E-state index contributed by atoms with van der Waals surface area (Å²) in [6, 6.07) is 2.92. The summed E-state index contributed by atoms with van der Waals surface area (Å²) in [6.07, 6.45) is 1.88. The number of nitrogens with zero attached hydrogens (tertiary/aromatic N) is 1. The molecule has 0 aliphatic heterocycles. The van der Waals surface area contributed by atoms with Crippen molar-refractivity contribution < 1.29 is 9.66 Å². The van der Waals surface area contributed by atoms with E-state index in [1.54, 1.807) is 7.11 Å². The molecule has 1 aromatic carbocycles. The molecule has 0 bridgehead atoms. The number of ether oxygens (including phenoxy) is 1. The highest BCUT2D eigenvalue weighted by molar-refractivity contribution is 6.42. The lowest BCUT2D eigenvalue weighted by Crippen LogP contribution is -2.40. The van der Waals surface area contributed by atoms with Gasteiger partial charge < -0.3 is 10.1 Å².